The van der Waals surface area contributed by atoms with E-state index in [4.69, 9.17) is 21.1 Å². The van der Waals surface area contributed by atoms with Crippen molar-refractivity contribution in [3.8, 4) is 11.5 Å². The first-order valence-electron chi connectivity index (χ1n) is 9.54. The minimum absolute atomic E-state index is 0.474. The average Bonchev–Trinajstić information content (AvgIpc) is 2.71. The fourth-order valence-corrected chi connectivity index (χ4v) is 3.10. The van der Waals surface area contributed by atoms with E-state index in [9.17, 15) is 0 Å². The van der Waals surface area contributed by atoms with Crippen molar-refractivity contribution in [2.45, 2.75) is 33.5 Å². The molecule has 4 heteroatoms. The summed E-state index contributed by atoms with van der Waals surface area (Å²) in [6.07, 6.45) is 0. The number of aryl methyl sites for hydroxylation is 1. The molecule has 3 nitrogen and oxygen atoms in total. The van der Waals surface area contributed by atoms with Crippen LogP contribution in [-0.2, 0) is 19.7 Å². The van der Waals surface area contributed by atoms with Gasteiger partial charge in [-0.05, 0) is 36.6 Å². The number of benzene rings is 3. The van der Waals surface area contributed by atoms with Crippen molar-refractivity contribution in [2.75, 3.05) is 6.61 Å². The van der Waals surface area contributed by atoms with E-state index >= 15 is 0 Å². The van der Waals surface area contributed by atoms with Crippen molar-refractivity contribution in [1.82, 2.24) is 5.32 Å². The lowest BCUT2D eigenvalue weighted by atomic mass is 10.1. The van der Waals surface area contributed by atoms with Crippen LogP contribution in [0.15, 0.2) is 66.7 Å². The number of rotatable bonds is 9. The number of halogens is 1. The fourth-order valence-electron chi connectivity index (χ4n) is 2.88. The summed E-state index contributed by atoms with van der Waals surface area (Å²) >= 11 is 6.51. The Balaban J connectivity index is 1.66. The van der Waals surface area contributed by atoms with E-state index in [1.807, 2.05) is 49.4 Å². The summed E-state index contributed by atoms with van der Waals surface area (Å²) in [5, 5.41) is 4.11. The molecule has 0 aliphatic rings. The van der Waals surface area contributed by atoms with E-state index in [-0.39, 0.29) is 0 Å². The second kappa shape index (κ2) is 10.2. The molecule has 0 aliphatic carbocycles. The van der Waals surface area contributed by atoms with Crippen molar-refractivity contribution >= 4 is 11.6 Å². The molecule has 0 amide bonds. The van der Waals surface area contributed by atoms with E-state index in [0.29, 0.717) is 30.5 Å². The van der Waals surface area contributed by atoms with Crippen molar-refractivity contribution in [3.63, 3.8) is 0 Å². The molecule has 0 saturated heterocycles. The van der Waals surface area contributed by atoms with Crippen molar-refractivity contribution in [3.05, 3.63) is 94.0 Å². The molecule has 0 heterocycles. The highest BCUT2D eigenvalue weighted by molar-refractivity contribution is 6.31. The molecule has 3 rings (SSSR count). The summed E-state index contributed by atoms with van der Waals surface area (Å²) in [4.78, 5) is 0. The number of nitrogens with one attached hydrogen (secondary N) is 1. The normalized spacial score (nSPS) is 10.7. The molecule has 3 aromatic carbocycles. The molecule has 0 bridgehead atoms. The molecular weight excluding hydrogens is 370 g/mol. The Labute approximate surface area is 172 Å². The van der Waals surface area contributed by atoms with Crippen molar-refractivity contribution < 1.29 is 9.47 Å². The minimum Gasteiger partial charge on any atom is -0.490 e. The first-order valence-corrected chi connectivity index (χ1v) is 9.91. The molecule has 28 heavy (non-hydrogen) atoms. The molecule has 0 aliphatic heterocycles. The van der Waals surface area contributed by atoms with Crippen LogP contribution >= 0.6 is 11.6 Å². The molecule has 3 aromatic rings. The zero-order valence-corrected chi connectivity index (χ0v) is 17.1. The third-order valence-electron chi connectivity index (χ3n) is 4.41. The van der Waals surface area contributed by atoms with Crippen molar-refractivity contribution in [1.29, 1.82) is 0 Å². The quantitative estimate of drug-likeness (QED) is 0.488. The standard InChI is InChI=1S/C24H26ClNO2/c1-3-27-23-13-21(16-26-15-19-11-9-18(2)10-12-19)22(25)14-24(23)28-17-20-7-5-4-6-8-20/h4-14,26H,3,15-17H2,1-2H3. The molecule has 1 N–H and O–H groups in total. The lowest BCUT2D eigenvalue weighted by molar-refractivity contribution is 0.269. The van der Waals surface area contributed by atoms with Crippen LogP contribution in [0.5, 0.6) is 11.5 Å². The minimum atomic E-state index is 0.474. The lowest BCUT2D eigenvalue weighted by Crippen LogP contribution is -2.13. The Morgan fingerprint density at radius 3 is 2.25 bits per heavy atom. The number of hydrogen-bond acceptors (Lipinski definition) is 3. The number of hydrogen-bond donors (Lipinski definition) is 1. The Hall–Kier alpha value is -2.49. The summed E-state index contributed by atoms with van der Waals surface area (Å²) in [7, 11) is 0. The van der Waals surface area contributed by atoms with Crippen LogP contribution in [0.1, 0.15) is 29.2 Å². The van der Waals surface area contributed by atoms with Gasteiger partial charge in [0.1, 0.15) is 6.61 Å². The van der Waals surface area contributed by atoms with Gasteiger partial charge in [-0.3, -0.25) is 0 Å². The predicted octanol–water partition coefficient (Wildman–Crippen LogP) is 5.92. The molecule has 0 fully saturated rings. The van der Waals surface area contributed by atoms with Crippen LogP contribution in [0.4, 0.5) is 0 Å². The van der Waals surface area contributed by atoms with Gasteiger partial charge in [-0.1, -0.05) is 71.8 Å². The van der Waals surface area contributed by atoms with Gasteiger partial charge in [-0.15, -0.1) is 0 Å². The van der Waals surface area contributed by atoms with E-state index in [2.05, 4.69) is 36.5 Å². The number of ether oxygens (including phenoxy) is 2. The smallest absolute Gasteiger partial charge is 0.163 e. The Kier molecular flexibility index (Phi) is 7.35. The third-order valence-corrected chi connectivity index (χ3v) is 4.77. The van der Waals surface area contributed by atoms with Gasteiger partial charge in [-0.25, -0.2) is 0 Å². The Morgan fingerprint density at radius 2 is 1.54 bits per heavy atom. The van der Waals surface area contributed by atoms with E-state index in [0.717, 1.165) is 23.4 Å². The van der Waals surface area contributed by atoms with Gasteiger partial charge in [0.25, 0.3) is 0 Å². The summed E-state index contributed by atoms with van der Waals surface area (Å²) in [6.45, 7) is 6.54. The Bertz CT molecular complexity index is 879. The van der Waals surface area contributed by atoms with Crippen molar-refractivity contribution in [2.24, 2.45) is 0 Å². The summed E-state index contributed by atoms with van der Waals surface area (Å²) in [6, 6.07) is 22.4. The summed E-state index contributed by atoms with van der Waals surface area (Å²) in [5.41, 5.74) is 4.60. The molecule has 0 atom stereocenters. The molecule has 0 unspecified atom stereocenters. The SMILES string of the molecule is CCOc1cc(CNCc2ccc(C)cc2)c(Cl)cc1OCc1ccccc1. The Morgan fingerprint density at radius 1 is 0.821 bits per heavy atom. The zero-order chi connectivity index (χ0) is 19.8. The molecule has 0 aromatic heterocycles. The fraction of sp³-hybridized carbons (Fsp3) is 0.250. The van der Waals surface area contributed by atoms with Crippen LogP contribution in [0, 0.1) is 6.92 Å². The van der Waals surface area contributed by atoms with Crippen LogP contribution < -0.4 is 14.8 Å². The average molecular weight is 396 g/mol. The maximum atomic E-state index is 6.51. The molecule has 0 saturated carbocycles. The van der Waals surface area contributed by atoms with Gasteiger partial charge in [0, 0.05) is 24.2 Å². The lowest BCUT2D eigenvalue weighted by Gasteiger charge is -2.15. The summed E-state index contributed by atoms with van der Waals surface area (Å²) in [5.74, 6) is 1.38. The second-order valence-corrected chi connectivity index (χ2v) is 7.09. The highest BCUT2D eigenvalue weighted by Gasteiger charge is 2.11. The van der Waals surface area contributed by atoms with Gasteiger partial charge in [0.05, 0.1) is 6.61 Å². The van der Waals surface area contributed by atoms with Gasteiger partial charge < -0.3 is 14.8 Å². The topological polar surface area (TPSA) is 30.5 Å². The summed E-state index contributed by atoms with van der Waals surface area (Å²) < 4.78 is 11.8. The second-order valence-electron chi connectivity index (χ2n) is 6.69. The van der Waals surface area contributed by atoms with E-state index in [1.165, 1.54) is 11.1 Å². The maximum Gasteiger partial charge on any atom is 0.163 e. The first kappa shape index (κ1) is 20.2. The van der Waals surface area contributed by atoms with Crippen LogP contribution in [0.2, 0.25) is 5.02 Å². The highest BCUT2D eigenvalue weighted by atomic mass is 35.5. The molecule has 0 spiro atoms. The van der Waals surface area contributed by atoms with Gasteiger partial charge in [0.15, 0.2) is 11.5 Å². The molecular formula is C24H26ClNO2. The van der Waals surface area contributed by atoms with Gasteiger partial charge in [-0.2, -0.15) is 0 Å². The van der Waals surface area contributed by atoms with Crippen LogP contribution in [0.25, 0.3) is 0 Å². The maximum absolute atomic E-state index is 6.51. The molecule has 146 valence electrons. The molecule has 0 radical (unpaired) electrons. The first-order chi connectivity index (χ1) is 13.7. The third kappa shape index (κ3) is 5.75. The zero-order valence-electron chi connectivity index (χ0n) is 16.4. The monoisotopic (exact) mass is 395 g/mol. The van der Waals surface area contributed by atoms with Gasteiger partial charge in [0.2, 0.25) is 0 Å². The highest BCUT2D eigenvalue weighted by Crippen LogP contribution is 2.34. The van der Waals surface area contributed by atoms with E-state index in [1.54, 1.807) is 0 Å². The van der Waals surface area contributed by atoms with Gasteiger partial charge >= 0.3 is 0 Å². The predicted molar refractivity (Wildman–Crippen MR) is 115 cm³/mol. The van der Waals surface area contributed by atoms with E-state index < -0.39 is 0 Å². The van der Waals surface area contributed by atoms with Crippen LogP contribution in [0.3, 0.4) is 0 Å². The largest absolute Gasteiger partial charge is 0.490 e. The van der Waals surface area contributed by atoms with Crippen LogP contribution in [-0.4, -0.2) is 6.61 Å².